The summed E-state index contributed by atoms with van der Waals surface area (Å²) in [6.45, 7) is 0.732. The lowest BCUT2D eigenvalue weighted by Gasteiger charge is -2.06. The Morgan fingerprint density at radius 1 is 1.64 bits per heavy atom. The van der Waals surface area contributed by atoms with E-state index in [1.807, 2.05) is 12.1 Å². The first kappa shape index (κ1) is 10.9. The fourth-order valence-electron chi connectivity index (χ4n) is 1.05. The van der Waals surface area contributed by atoms with E-state index in [1.165, 1.54) is 0 Å². The zero-order valence-corrected chi connectivity index (χ0v) is 9.02. The van der Waals surface area contributed by atoms with Gasteiger partial charge in [0.1, 0.15) is 11.3 Å². The molecular formula is C9H14N3OP. The Morgan fingerprint density at radius 2 is 2.43 bits per heavy atom. The molecule has 0 aliphatic rings. The monoisotopic (exact) mass is 211 g/mol. The molecule has 1 aromatic rings. The maximum atomic E-state index is 10.6. The second kappa shape index (κ2) is 5.55. The molecule has 0 spiro atoms. The predicted molar refractivity (Wildman–Crippen MR) is 61.1 cm³/mol. The summed E-state index contributed by atoms with van der Waals surface area (Å²) in [5, 5.41) is 3.12. The van der Waals surface area contributed by atoms with Crippen molar-refractivity contribution in [2.45, 2.75) is 12.8 Å². The van der Waals surface area contributed by atoms with Gasteiger partial charge in [-0.25, -0.2) is 4.98 Å². The van der Waals surface area contributed by atoms with Gasteiger partial charge < -0.3 is 11.1 Å². The van der Waals surface area contributed by atoms with Crippen LogP contribution in [0.25, 0.3) is 0 Å². The topological polar surface area (TPSA) is 68.0 Å². The Morgan fingerprint density at radius 3 is 3.07 bits per heavy atom. The number of anilines is 2. The summed E-state index contributed by atoms with van der Waals surface area (Å²) in [5.41, 5.74) is 6.57. The number of rotatable bonds is 5. The minimum atomic E-state index is 0.131. The standard InChI is InChI=1S/C9H14N3OP/c10-9-7(3-1-6-12-9)11-5-2-4-8(13)14/h1,3,6,11H,2,4-5,14H2,(H2,10,12). The highest BCUT2D eigenvalue weighted by molar-refractivity contribution is 7.40. The van der Waals surface area contributed by atoms with E-state index in [0.717, 1.165) is 18.7 Å². The quantitative estimate of drug-likeness (QED) is 0.568. The molecule has 5 heteroatoms. The molecule has 14 heavy (non-hydrogen) atoms. The van der Waals surface area contributed by atoms with Gasteiger partial charge in [-0.15, -0.1) is 0 Å². The molecule has 1 rings (SSSR count). The molecule has 76 valence electrons. The molecule has 0 amide bonds. The molecule has 0 fully saturated rings. The number of carbonyl (C=O) groups excluding carboxylic acids is 1. The fourth-order valence-corrected chi connectivity index (χ4v) is 1.26. The van der Waals surface area contributed by atoms with Gasteiger partial charge in [-0.1, -0.05) is 9.24 Å². The first-order chi connectivity index (χ1) is 6.70. The molecule has 0 aliphatic heterocycles. The average Bonchev–Trinajstić information content (AvgIpc) is 2.15. The lowest BCUT2D eigenvalue weighted by atomic mass is 10.3. The molecular weight excluding hydrogens is 197 g/mol. The van der Waals surface area contributed by atoms with E-state index in [-0.39, 0.29) is 5.52 Å². The minimum absolute atomic E-state index is 0.131. The Bertz CT molecular complexity index is 317. The highest BCUT2D eigenvalue weighted by atomic mass is 31.0. The summed E-state index contributed by atoms with van der Waals surface area (Å²) in [6, 6.07) is 3.68. The average molecular weight is 211 g/mol. The van der Waals surface area contributed by atoms with Crippen LogP contribution in [0.2, 0.25) is 0 Å². The maximum absolute atomic E-state index is 10.6. The van der Waals surface area contributed by atoms with Crippen molar-refractivity contribution in [2.24, 2.45) is 0 Å². The van der Waals surface area contributed by atoms with Crippen molar-refractivity contribution in [3.05, 3.63) is 18.3 Å². The number of aromatic nitrogens is 1. The third-order valence-electron chi connectivity index (χ3n) is 1.75. The normalized spacial score (nSPS) is 9.79. The van der Waals surface area contributed by atoms with Crippen molar-refractivity contribution in [3.63, 3.8) is 0 Å². The van der Waals surface area contributed by atoms with Crippen molar-refractivity contribution in [1.82, 2.24) is 4.98 Å². The van der Waals surface area contributed by atoms with Crippen LogP contribution in [0.1, 0.15) is 12.8 Å². The van der Waals surface area contributed by atoms with Crippen LogP contribution in [-0.2, 0) is 4.79 Å². The molecule has 0 saturated carbocycles. The van der Waals surface area contributed by atoms with Crippen LogP contribution in [0.5, 0.6) is 0 Å². The van der Waals surface area contributed by atoms with E-state index in [0.29, 0.717) is 12.2 Å². The van der Waals surface area contributed by atoms with Crippen LogP contribution in [0, 0.1) is 0 Å². The van der Waals surface area contributed by atoms with Crippen LogP contribution < -0.4 is 11.1 Å². The fraction of sp³-hybridized carbons (Fsp3) is 0.333. The second-order valence-corrected chi connectivity index (χ2v) is 3.58. The Hall–Kier alpha value is -1.15. The first-order valence-corrected chi connectivity index (χ1v) is 5.00. The van der Waals surface area contributed by atoms with Gasteiger partial charge in [0.2, 0.25) is 0 Å². The maximum Gasteiger partial charge on any atom is 0.148 e. The zero-order valence-electron chi connectivity index (χ0n) is 7.86. The van der Waals surface area contributed by atoms with E-state index in [9.17, 15) is 4.79 Å². The highest BCUT2D eigenvalue weighted by Crippen LogP contribution is 2.13. The second-order valence-electron chi connectivity index (χ2n) is 2.93. The largest absolute Gasteiger partial charge is 0.382 e. The molecule has 0 bridgehead atoms. The number of nitrogens with two attached hydrogens (primary N) is 1. The number of hydrogen-bond acceptors (Lipinski definition) is 4. The summed E-state index contributed by atoms with van der Waals surface area (Å²) >= 11 is 0. The summed E-state index contributed by atoms with van der Waals surface area (Å²) in [7, 11) is 2.16. The minimum Gasteiger partial charge on any atom is -0.382 e. The molecule has 0 aromatic carbocycles. The van der Waals surface area contributed by atoms with Gasteiger partial charge in [0.15, 0.2) is 0 Å². The van der Waals surface area contributed by atoms with Crippen LogP contribution >= 0.6 is 9.24 Å². The summed E-state index contributed by atoms with van der Waals surface area (Å²) in [6.07, 6.45) is 3.02. The van der Waals surface area contributed by atoms with Crippen LogP contribution in [-0.4, -0.2) is 17.1 Å². The van der Waals surface area contributed by atoms with Crippen molar-refractivity contribution in [2.75, 3.05) is 17.6 Å². The van der Waals surface area contributed by atoms with Gasteiger partial charge in [-0.05, 0) is 18.6 Å². The third kappa shape index (κ3) is 3.71. The Balaban J connectivity index is 2.31. The van der Waals surface area contributed by atoms with E-state index < -0.39 is 0 Å². The van der Waals surface area contributed by atoms with Crippen LogP contribution in [0.3, 0.4) is 0 Å². The first-order valence-electron chi connectivity index (χ1n) is 4.43. The Labute approximate surface area is 85.5 Å². The van der Waals surface area contributed by atoms with Crippen LogP contribution in [0.4, 0.5) is 11.5 Å². The third-order valence-corrected chi connectivity index (χ3v) is 2.04. The predicted octanol–water partition coefficient (Wildman–Crippen LogP) is 1.26. The van der Waals surface area contributed by atoms with Crippen molar-refractivity contribution < 1.29 is 4.79 Å². The molecule has 1 atom stereocenters. The molecule has 4 nitrogen and oxygen atoms in total. The van der Waals surface area contributed by atoms with Crippen molar-refractivity contribution in [1.29, 1.82) is 0 Å². The van der Waals surface area contributed by atoms with E-state index in [2.05, 4.69) is 19.5 Å². The van der Waals surface area contributed by atoms with Gasteiger partial charge in [0, 0.05) is 19.2 Å². The number of nitrogens with one attached hydrogen (secondary N) is 1. The highest BCUT2D eigenvalue weighted by Gasteiger charge is 1.97. The number of nitrogens with zero attached hydrogens (tertiary/aromatic N) is 1. The molecule has 0 saturated heterocycles. The lowest BCUT2D eigenvalue weighted by Crippen LogP contribution is -2.05. The SMILES string of the molecule is Nc1ncccc1NCCCC(=O)P. The molecule has 1 unspecified atom stereocenters. The molecule has 0 radical (unpaired) electrons. The van der Waals surface area contributed by atoms with Crippen molar-refractivity contribution >= 4 is 26.3 Å². The van der Waals surface area contributed by atoms with E-state index >= 15 is 0 Å². The van der Waals surface area contributed by atoms with Gasteiger partial charge >= 0.3 is 0 Å². The van der Waals surface area contributed by atoms with E-state index in [1.54, 1.807) is 6.20 Å². The van der Waals surface area contributed by atoms with Gasteiger partial charge in [-0.3, -0.25) is 4.79 Å². The summed E-state index contributed by atoms with van der Waals surface area (Å²) in [5.74, 6) is 0.490. The molecule has 3 N–H and O–H groups in total. The Kier molecular flexibility index (Phi) is 4.33. The molecule has 1 aromatic heterocycles. The molecule has 0 aliphatic carbocycles. The number of pyridine rings is 1. The van der Waals surface area contributed by atoms with Gasteiger partial charge in [-0.2, -0.15) is 0 Å². The van der Waals surface area contributed by atoms with E-state index in [4.69, 9.17) is 5.73 Å². The number of hydrogen-bond donors (Lipinski definition) is 2. The molecule has 1 heterocycles. The van der Waals surface area contributed by atoms with Crippen molar-refractivity contribution in [3.8, 4) is 0 Å². The smallest absolute Gasteiger partial charge is 0.148 e. The lowest BCUT2D eigenvalue weighted by molar-refractivity contribution is -0.111. The van der Waals surface area contributed by atoms with Crippen LogP contribution in [0.15, 0.2) is 18.3 Å². The number of nitrogen functional groups attached to an aromatic ring is 1. The van der Waals surface area contributed by atoms with Gasteiger partial charge in [0.25, 0.3) is 0 Å². The zero-order chi connectivity index (χ0) is 10.4. The number of carbonyl (C=O) groups is 1. The summed E-state index contributed by atoms with van der Waals surface area (Å²) < 4.78 is 0. The van der Waals surface area contributed by atoms with Gasteiger partial charge in [0.05, 0.1) is 5.69 Å². The summed E-state index contributed by atoms with van der Waals surface area (Å²) in [4.78, 5) is 14.6.